The molecule has 28 heavy (non-hydrogen) atoms. The molecular formula is C25H34O3. The van der Waals surface area contributed by atoms with Crippen LogP contribution in [0.3, 0.4) is 0 Å². The van der Waals surface area contributed by atoms with Crippen LogP contribution in [0.25, 0.3) is 0 Å². The van der Waals surface area contributed by atoms with Crippen LogP contribution in [-0.2, 0) is 20.9 Å². The third kappa shape index (κ3) is 6.79. The summed E-state index contributed by atoms with van der Waals surface area (Å²) in [6.07, 6.45) is 2.27. The molecule has 0 fully saturated rings. The van der Waals surface area contributed by atoms with Gasteiger partial charge in [0.2, 0.25) is 0 Å². The molecule has 0 saturated heterocycles. The number of carbonyl (C=O) groups is 1. The fourth-order valence-corrected chi connectivity index (χ4v) is 3.36. The molecule has 0 aliphatic carbocycles. The van der Waals surface area contributed by atoms with Gasteiger partial charge in [0.1, 0.15) is 0 Å². The van der Waals surface area contributed by atoms with E-state index < -0.39 is 0 Å². The molecule has 0 saturated carbocycles. The first-order valence-electron chi connectivity index (χ1n) is 10.5. The fraction of sp³-hybridized carbons (Fsp3) is 0.480. The SMILES string of the molecule is CCC[C@H](C[C@H](OCc1ccc(C(C)C)cc1)c1ccccc1)C(=O)OCC. The molecule has 0 radical (unpaired) electrons. The maximum absolute atomic E-state index is 12.4. The Labute approximate surface area is 170 Å². The van der Waals surface area contributed by atoms with Crippen LogP contribution in [-0.4, -0.2) is 12.6 Å². The number of carbonyl (C=O) groups excluding carboxylic acids is 1. The van der Waals surface area contributed by atoms with E-state index in [-0.39, 0.29) is 18.0 Å². The van der Waals surface area contributed by atoms with Gasteiger partial charge in [-0.3, -0.25) is 4.79 Å². The Kier molecular flexibility index (Phi) is 9.22. The summed E-state index contributed by atoms with van der Waals surface area (Å²) >= 11 is 0. The quantitative estimate of drug-likeness (QED) is 0.420. The lowest BCUT2D eigenvalue weighted by Gasteiger charge is -2.23. The van der Waals surface area contributed by atoms with E-state index in [1.807, 2.05) is 25.1 Å². The van der Waals surface area contributed by atoms with Crippen LogP contribution in [0.4, 0.5) is 0 Å². The second-order valence-electron chi connectivity index (χ2n) is 7.58. The van der Waals surface area contributed by atoms with E-state index in [1.165, 1.54) is 5.56 Å². The highest BCUT2D eigenvalue weighted by Gasteiger charge is 2.25. The second kappa shape index (κ2) is 11.7. The van der Waals surface area contributed by atoms with Gasteiger partial charge in [-0.05, 0) is 42.4 Å². The molecule has 2 atom stereocenters. The smallest absolute Gasteiger partial charge is 0.309 e. The van der Waals surface area contributed by atoms with Crippen LogP contribution in [0.5, 0.6) is 0 Å². The molecule has 2 rings (SSSR count). The zero-order valence-electron chi connectivity index (χ0n) is 17.7. The van der Waals surface area contributed by atoms with E-state index >= 15 is 0 Å². The molecule has 0 aliphatic rings. The summed E-state index contributed by atoms with van der Waals surface area (Å²) in [7, 11) is 0. The van der Waals surface area contributed by atoms with E-state index in [4.69, 9.17) is 9.47 Å². The number of hydrogen-bond acceptors (Lipinski definition) is 3. The van der Waals surface area contributed by atoms with Crippen molar-refractivity contribution in [2.75, 3.05) is 6.61 Å². The molecule has 0 bridgehead atoms. The molecule has 0 spiro atoms. The van der Waals surface area contributed by atoms with Gasteiger partial charge < -0.3 is 9.47 Å². The molecule has 0 unspecified atom stereocenters. The van der Waals surface area contributed by atoms with Gasteiger partial charge in [0.15, 0.2) is 0 Å². The minimum absolute atomic E-state index is 0.116. The Balaban J connectivity index is 2.11. The van der Waals surface area contributed by atoms with Gasteiger partial charge in [-0.1, -0.05) is 81.8 Å². The minimum Gasteiger partial charge on any atom is -0.466 e. The van der Waals surface area contributed by atoms with Gasteiger partial charge in [-0.2, -0.15) is 0 Å². The van der Waals surface area contributed by atoms with Crippen molar-refractivity contribution < 1.29 is 14.3 Å². The highest BCUT2D eigenvalue weighted by atomic mass is 16.5. The third-order valence-electron chi connectivity index (χ3n) is 5.02. The standard InChI is InChI=1S/C25H34O3/c1-5-10-23(25(26)27-6-2)17-24(22-11-8-7-9-12-22)28-18-20-13-15-21(16-14-20)19(3)4/h7-9,11-16,19,23-24H,5-6,10,17-18H2,1-4H3/t23-,24+/m1/s1. The first kappa shape index (κ1) is 22.2. The predicted molar refractivity (Wildman–Crippen MR) is 114 cm³/mol. The van der Waals surface area contributed by atoms with Crippen molar-refractivity contribution in [3.05, 3.63) is 71.3 Å². The van der Waals surface area contributed by atoms with Crippen molar-refractivity contribution >= 4 is 5.97 Å². The minimum atomic E-state index is -0.140. The van der Waals surface area contributed by atoms with Crippen LogP contribution >= 0.6 is 0 Å². The Morgan fingerprint density at radius 3 is 2.18 bits per heavy atom. The number of ether oxygens (including phenoxy) is 2. The van der Waals surface area contributed by atoms with Gasteiger partial charge in [0.05, 0.1) is 25.2 Å². The lowest BCUT2D eigenvalue weighted by atomic mass is 9.93. The molecule has 0 amide bonds. The zero-order valence-corrected chi connectivity index (χ0v) is 17.7. The average molecular weight is 383 g/mol. The predicted octanol–water partition coefficient (Wildman–Crippen LogP) is 6.44. The maximum Gasteiger partial charge on any atom is 0.309 e. The van der Waals surface area contributed by atoms with Crippen LogP contribution in [0, 0.1) is 5.92 Å². The Hall–Kier alpha value is -2.13. The summed E-state index contributed by atoms with van der Waals surface area (Å²) in [5.41, 5.74) is 3.58. The van der Waals surface area contributed by atoms with E-state index in [1.54, 1.807) is 0 Å². The largest absolute Gasteiger partial charge is 0.466 e. The van der Waals surface area contributed by atoms with Crippen molar-refractivity contribution in [3.8, 4) is 0 Å². The van der Waals surface area contributed by atoms with Crippen molar-refractivity contribution in [2.45, 2.75) is 65.6 Å². The van der Waals surface area contributed by atoms with E-state index in [0.29, 0.717) is 25.6 Å². The van der Waals surface area contributed by atoms with Crippen LogP contribution in [0.15, 0.2) is 54.6 Å². The van der Waals surface area contributed by atoms with E-state index in [2.05, 4.69) is 57.2 Å². The van der Waals surface area contributed by atoms with Crippen LogP contribution in [0.1, 0.15) is 75.7 Å². The first-order chi connectivity index (χ1) is 13.5. The fourth-order valence-electron chi connectivity index (χ4n) is 3.36. The molecule has 2 aromatic rings. The summed E-state index contributed by atoms with van der Waals surface area (Å²) in [5.74, 6) is 0.264. The summed E-state index contributed by atoms with van der Waals surface area (Å²) in [6, 6.07) is 18.8. The van der Waals surface area contributed by atoms with Gasteiger partial charge in [0.25, 0.3) is 0 Å². The van der Waals surface area contributed by atoms with E-state index in [9.17, 15) is 4.79 Å². The molecule has 152 valence electrons. The molecule has 0 aromatic heterocycles. The lowest BCUT2D eigenvalue weighted by Crippen LogP contribution is -2.21. The Morgan fingerprint density at radius 2 is 1.61 bits per heavy atom. The number of hydrogen-bond donors (Lipinski definition) is 0. The summed E-state index contributed by atoms with van der Waals surface area (Å²) in [5, 5.41) is 0. The highest BCUT2D eigenvalue weighted by Crippen LogP contribution is 2.29. The zero-order chi connectivity index (χ0) is 20.4. The maximum atomic E-state index is 12.4. The van der Waals surface area contributed by atoms with Gasteiger partial charge in [-0.25, -0.2) is 0 Å². The van der Waals surface area contributed by atoms with Crippen molar-refractivity contribution in [1.82, 2.24) is 0 Å². The average Bonchev–Trinajstić information content (AvgIpc) is 2.71. The summed E-state index contributed by atoms with van der Waals surface area (Å²) in [4.78, 5) is 12.4. The van der Waals surface area contributed by atoms with Crippen LogP contribution in [0.2, 0.25) is 0 Å². The molecular weight excluding hydrogens is 348 g/mol. The second-order valence-corrected chi connectivity index (χ2v) is 7.58. The van der Waals surface area contributed by atoms with Crippen molar-refractivity contribution in [3.63, 3.8) is 0 Å². The van der Waals surface area contributed by atoms with Gasteiger partial charge >= 0.3 is 5.97 Å². The first-order valence-corrected chi connectivity index (χ1v) is 10.5. The molecule has 0 heterocycles. The Morgan fingerprint density at radius 1 is 0.929 bits per heavy atom. The molecule has 0 aliphatic heterocycles. The normalized spacial score (nSPS) is 13.3. The van der Waals surface area contributed by atoms with Crippen molar-refractivity contribution in [2.24, 2.45) is 5.92 Å². The van der Waals surface area contributed by atoms with Gasteiger partial charge in [-0.15, -0.1) is 0 Å². The van der Waals surface area contributed by atoms with Gasteiger partial charge in [0, 0.05) is 0 Å². The third-order valence-corrected chi connectivity index (χ3v) is 5.02. The molecule has 2 aromatic carbocycles. The highest BCUT2D eigenvalue weighted by molar-refractivity contribution is 5.72. The molecule has 3 nitrogen and oxygen atoms in total. The monoisotopic (exact) mass is 382 g/mol. The lowest BCUT2D eigenvalue weighted by molar-refractivity contribution is -0.150. The topological polar surface area (TPSA) is 35.5 Å². The number of esters is 1. The van der Waals surface area contributed by atoms with Crippen LogP contribution < -0.4 is 0 Å². The number of rotatable bonds is 11. The number of benzene rings is 2. The summed E-state index contributed by atoms with van der Waals surface area (Å²) < 4.78 is 11.6. The molecule has 0 N–H and O–H groups in total. The van der Waals surface area contributed by atoms with E-state index in [0.717, 1.165) is 24.0 Å². The Bertz CT molecular complexity index is 691. The molecule has 3 heteroatoms. The summed E-state index contributed by atoms with van der Waals surface area (Å²) in [6.45, 7) is 9.28. The van der Waals surface area contributed by atoms with Crippen molar-refractivity contribution in [1.29, 1.82) is 0 Å².